The summed E-state index contributed by atoms with van der Waals surface area (Å²) < 4.78 is 4.86. The molecule has 0 radical (unpaired) electrons. The molecule has 0 bridgehead atoms. The van der Waals surface area contributed by atoms with E-state index in [0.29, 0.717) is 23.1 Å². The molecular weight excluding hydrogens is 424 g/mol. The zero-order valence-corrected chi connectivity index (χ0v) is 19.7. The van der Waals surface area contributed by atoms with E-state index in [1.165, 1.54) is 7.11 Å². The average Bonchev–Trinajstić information content (AvgIpc) is 3.15. The summed E-state index contributed by atoms with van der Waals surface area (Å²) in [7, 11) is 1.37. The topological polar surface area (TPSA) is 79.2 Å². The molecule has 1 heterocycles. The third-order valence-corrected chi connectivity index (χ3v) is 5.92. The van der Waals surface area contributed by atoms with Crippen molar-refractivity contribution in [1.29, 1.82) is 5.26 Å². The van der Waals surface area contributed by atoms with Crippen LogP contribution in [0.15, 0.2) is 66.7 Å². The number of nitrogens with zero attached hydrogens (tertiary/aromatic N) is 1. The molecule has 0 saturated heterocycles. The van der Waals surface area contributed by atoms with Crippen molar-refractivity contribution in [2.24, 2.45) is 5.41 Å². The molecule has 4 rings (SSSR count). The van der Waals surface area contributed by atoms with E-state index in [0.717, 1.165) is 33.5 Å². The Morgan fingerprint density at radius 1 is 1.00 bits per heavy atom. The second-order valence-corrected chi connectivity index (χ2v) is 9.35. The molecule has 34 heavy (non-hydrogen) atoms. The van der Waals surface area contributed by atoms with Gasteiger partial charge in [-0.15, -0.1) is 0 Å². The summed E-state index contributed by atoms with van der Waals surface area (Å²) >= 11 is 0. The quantitative estimate of drug-likeness (QED) is 0.400. The molecule has 5 heteroatoms. The number of esters is 1. The number of fused-ring (bicyclic) bond motifs is 1. The molecule has 3 aromatic carbocycles. The Morgan fingerprint density at radius 3 is 2.35 bits per heavy atom. The van der Waals surface area contributed by atoms with Gasteiger partial charge in [-0.2, -0.15) is 5.26 Å². The minimum Gasteiger partial charge on any atom is -0.465 e. The van der Waals surface area contributed by atoms with Crippen LogP contribution in [0.25, 0.3) is 11.1 Å². The maximum absolute atomic E-state index is 13.3. The predicted molar refractivity (Wildman–Crippen MR) is 133 cm³/mol. The van der Waals surface area contributed by atoms with Crippen LogP contribution in [0.4, 0.5) is 5.69 Å². The molecule has 1 aliphatic rings. The van der Waals surface area contributed by atoms with Crippen molar-refractivity contribution < 1.29 is 14.3 Å². The molecule has 0 saturated carbocycles. The molecule has 170 valence electrons. The van der Waals surface area contributed by atoms with Gasteiger partial charge in [0.15, 0.2) is 0 Å². The van der Waals surface area contributed by atoms with E-state index in [9.17, 15) is 14.9 Å². The first-order valence-corrected chi connectivity index (χ1v) is 11.1. The van der Waals surface area contributed by atoms with Crippen LogP contribution in [0.1, 0.15) is 58.9 Å². The first-order valence-electron chi connectivity index (χ1n) is 11.1. The lowest BCUT2D eigenvalue weighted by Crippen LogP contribution is -2.15. The van der Waals surface area contributed by atoms with E-state index in [4.69, 9.17) is 4.74 Å². The number of carbonyl (C=O) groups is 2. The van der Waals surface area contributed by atoms with Crippen LogP contribution < -0.4 is 5.32 Å². The third kappa shape index (κ3) is 4.35. The molecule has 1 N–H and O–H groups in total. The molecular formula is C29H26N2O3. The number of anilines is 1. The summed E-state index contributed by atoms with van der Waals surface area (Å²) in [6.45, 7) is 6.25. The fourth-order valence-electron chi connectivity index (χ4n) is 4.49. The molecule has 0 aliphatic carbocycles. The number of allylic oxidation sites excluding steroid dienone is 1. The van der Waals surface area contributed by atoms with Crippen LogP contribution >= 0.6 is 0 Å². The maximum Gasteiger partial charge on any atom is 0.337 e. The zero-order valence-electron chi connectivity index (χ0n) is 19.7. The van der Waals surface area contributed by atoms with Crippen molar-refractivity contribution in [3.8, 4) is 6.07 Å². The smallest absolute Gasteiger partial charge is 0.337 e. The number of hydrogen-bond acceptors (Lipinski definition) is 4. The molecule has 0 fully saturated rings. The molecule has 0 atom stereocenters. The minimum atomic E-state index is -0.381. The van der Waals surface area contributed by atoms with Crippen LogP contribution in [-0.4, -0.2) is 19.0 Å². The van der Waals surface area contributed by atoms with Crippen molar-refractivity contribution >= 4 is 28.7 Å². The minimum absolute atomic E-state index is 0.139. The Morgan fingerprint density at radius 2 is 1.71 bits per heavy atom. The van der Waals surface area contributed by atoms with Crippen LogP contribution in [0.5, 0.6) is 0 Å². The predicted octanol–water partition coefficient (Wildman–Crippen LogP) is 5.84. The Balaban J connectivity index is 1.89. The number of nitriles is 1. The van der Waals surface area contributed by atoms with Gasteiger partial charge >= 0.3 is 5.97 Å². The van der Waals surface area contributed by atoms with Gasteiger partial charge < -0.3 is 10.1 Å². The number of methoxy groups -OCH3 is 1. The van der Waals surface area contributed by atoms with Crippen LogP contribution in [0, 0.1) is 16.7 Å². The number of nitrogens with one attached hydrogen (secondary N) is 1. The lowest BCUT2D eigenvalue weighted by molar-refractivity contribution is -0.110. The lowest BCUT2D eigenvalue weighted by Gasteiger charge is -2.26. The van der Waals surface area contributed by atoms with E-state index < -0.39 is 0 Å². The van der Waals surface area contributed by atoms with Gasteiger partial charge in [-0.05, 0) is 64.4 Å². The highest BCUT2D eigenvalue weighted by Gasteiger charge is 2.34. The van der Waals surface area contributed by atoms with Gasteiger partial charge in [-0.3, -0.25) is 4.79 Å². The fourth-order valence-corrected chi connectivity index (χ4v) is 4.49. The third-order valence-electron chi connectivity index (χ3n) is 5.92. The normalized spacial score (nSPS) is 14.1. The van der Waals surface area contributed by atoms with Gasteiger partial charge in [-0.1, -0.05) is 57.2 Å². The number of carbonyl (C=O) groups excluding carboxylic acids is 2. The Bertz CT molecular complexity index is 1350. The van der Waals surface area contributed by atoms with Crippen molar-refractivity contribution in [3.05, 3.63) is 100 Å². The van der Waals surface area contributed by atoms with Crippen molar-refractivity contribution in [1.82, 2.24) is 0 Å². The molecule has 0 spiro atoms. The number of benzene rings is 3. The fraction of sp³-hybridized carbons (Fsp3) is 0.207. The monoisotopic (exact) mass is 450 g/mol. The first-order chi connectivity index (χ1) is 16.2. The van der Waals surface area contributed by atoms with Crippen LogP contribution in [0.2, 0.25) is 0 Å². The molecule has 0 unspecified atom stereocenters. The summed E-state index contributed by atoms with van der Waals surface area (Å²) in [5.41, 5.74) is 6.80. The Kier molecular flexibility index (Phi) is 6.08. The van der Waals surface area contributed by atoms with E-state index in [-0.39, 0.29) is 17.3 Å². The number of amides is 1. The van der Waals surface area contributed by atoms with Crippen molar-refractivity contribution in [2.45, 2.75) is 27.2 Å². The summed E-state index contributed by atoms with van der Waals surface area (Å²) in [6, 6.07) is 22.7. The van der Waals surface area contributed by atoms with Crippen molar-refractivity contribution in [3.63, 3.8) is 0 Å². The van der Waals surface area contributed by atoms with Crippen LogP contribution in [-0.2, 0) is 16.0 Å². The highest BCUT2D eigenvalue weighted by atomic mass is 16.5. The summed E-state index contributed by atoms with van der Waals surface area (Å²) in [5, 5.41) is 12.2. The highest BCUT2D eigenvalue weighted by Crippen LogP contribution is 2.46. The first kappa shape index (κ1) is 23.0. The molecule has 5 nitrogen and oxygen atoms in total. The average molecular weight is 451 g/mol. The molecule has 0 aromatic heterocycles. The van der Waals surface area contributed by atoms with Gasteiger partial charge in [-0.25, -0.2) is 4.79 Å². The van der Waals surface area contributed by atoms with Crippen molar-refractivity contribution in [2.75, 3.05) is 12.4 Å². The highest BCUT2D eigenvalue weighted by molar-refractivity contribution is 6.37. The molecule has 1 amide bonds. The van der Waals surface area contributed by atoms with E-state index >= 15 is 0 Å². The Labute approximate surface area is 199 Å². The van der Waals surface area contributed by atoms with E-state index in [2.05, 4.69) is 32.2 Å². The second kappa shape index (κ2) is 8.99. The van der Waals surface area contributed by atoms with Gasteiger partial charge in [0.05, 0.1) is 29.9 Å². The molecule has 1 aliphatic heterocycles. The molecule has 3 aromatic rings. The zero-order chi connectivity index (χ0) is 24.5. The van der Waals surface area contributed by atoms with Gasteiger partial charge in [0.25, 0.3) is 5.91 Å². The lowest BCUT2D eigenvalue weighted by atomic mass is 9.77. The number of ether oxygens (including phenoxy) is 1. The largest absolute Gasteiger partial charge is 0.465 e. The summed E-state index contributed by atoms with van der Waals surface area (Å²) in [6.07, 6.45) is 0.553. The summed E-state index contributed by atoms with van der Waals surface area (Å²) in [4.78, 5) is 25.3. The van der Waals surface area contributed by atoms with Gasteiger partial charge in [0.2, 0.25) is 0 Å². The standard InChI is InChI=1S/C29H26N2O3/c1-29(2,3)26(20-13-11-18(17-30)12-14-20)25-24-21(8-6-10-23(24)31-27(25)32)15-19-7-5-9-22(16-19)28(33)34-4/h5-14,16H,15H2,1-4H3,(H,31,32)/b26-25-. The summed E-state index contributed by atoms with van der Waals surface area (Å²) in [5.74, 6) is -0.520. The maximum atomic E-state index is 13.3. The van der Waals surface area contributed by atoms with Gasteiger partial charge in [0, 0.05) is 11.3 Å². The second-order valence-electron chi connectivity index (χ2n) is 9.35. The number of rotatable bonds is 4. The Hall–Kier alpha value is -4.17. The van der Waals surface area contributed by atoms with E-state index in [1.54, 1.807) is 18.2 Å². The van der Waals surface area contributed by atoms with Crippen LogP contribution in [0.3, 0.4) is 0 Å². The van der Waals surface area contributed by atoms with E-state index in [1.807, 2.05) is 48.5 Å². The SMILES string of the molecule is COC(=O)c1cccc(Cc2cccc3c2/C(=C(\c2ccc(C#N)cc2)C(C)(C)C)C(=O)N3)c1. The number of hydrogen-bond donors (Lipinski definition) is 1. The van der Waals surface area contributed by atoms with Gasteiger partial charge in [0.1, 0.15) is 0 Å².